The quantitative estimate of drug-likeness (QED) is 0.404. The Bertz CT molecular complexity index is 968. The number of rotatable bonds is 1. The molecule has 0 saturated heterocycles. The Hall–Kier alpha value is -3.08. The number of nitrogens with zero attached hydrogens (tertiary/aromatic N) is 3. The monoisotopic (exact) mass is 406 g/mol. The Morgan fingerprint density at radius 1 is 0.867 bits per heavy atom. The number of hydrogen-bond donors (Lipinski definition) is 1. The van der Waals surface area contributed by atoms with Crippen LogP contribution in [-0.2, 0) is 0 Å². The topological polar surface area (TPSA) is 71.5 Å². The maximum Gasteiger partial charge on any atom is 0.258 e. The van der Waals surface area contributed by atoms with Gasteiger partial charge in [0.15, 0.2) is 0 Å². The summed E-state index contributed by atoms with van der Waals surface area (Å²) < 4.78 is 0. The first kappa shape index (κ1) is 25.0. The van der Waals surface area contributed by atoms with Gasteiger partial charge in [-0.25, -0.2) is 15.0 Å². The number of aromatic nitrogens is 4. The van der Waals surface area contributed by atoms with Crippen molar-refractivity contribution in [3.63, 3.8) is 0 Å². The van der Waals surface area contributed by atoms with E-state index >= 15 is 0 Å². The van der Waals surface area contributed by atoms with Gasteiger partial charge >= 0.3 is 0 Å². The van der Waals surface area contributed by atoms with Crippen LogP contribution in [-0.4, -0.2) is 19.9 Å². The molecule has 5 nitrogen and oxygen atoms in total. The minimum absolute atomic E-state index is 0.0874. The minimum atomic E-state index is -0.0874. The molecule has 160 valence electrons. The highest BCUT2D eigenvalue weighted by molar-refractivity contribution is 5.77. The molecule has 2 aromatic carbocycles. The smallest absolute Gasteiger partial charge is 0.258 e. The lowest BCUT2D eigenvalue weighted by atomic mass is 10.2. The predicted molar refractivity (Wildman–Crippen MR) is 128 cm³/mol. The maximum absolute atomic E-state index is 11.1. The van der Waals surface area contributed by atoms with E-state index in [-0.39, 0.29) is 5.56 Å². The SMILES string of the molecule is CC(C)C.CCC(C)C.O=c1[nH]cnc2ccccc12.c1ccc2ncncc2c1. The Kier molecular flexibility index (Phi) is 11.6. The van der Waals surface area contributed by atoms with Gasteiger partial charge in [-0.3, -0.25) is 4.79 Å². The Labute approximate surface area is 179 Å². The van der Waals surface area contributed by atoms with Gasteiger partial charge in [-0.15, -0.1) is 0 Å². The third-order valence-electron chi connectivity index (χ3n) is 3.78. The van der Waals surface area contributed by atoms with Gasteiger partial charge in [-0.2, -0.15) is 0 Å². The molecule has 0 bridgehead atoms. The van der Waals surface area contributed by atoms with Crippen molar-refractivity contribution in [1.82, 2.24) is 19.9 Å². The van der Waals surface area contributed by atoms with Crippen LogP contribution in [0.3, 0.4) is 0 Å². The van der Waals surface area contributed by atoms with Crippen molar-refractivity contribution in [2.45, 2.75) is 48.0 Å². The van der Waals surface area contributed by atoms with Crippen LogP contribution < -0.4 is 5.56 Å². The minimum Gasteiger partial charge on any atom is -0.313 e. The van der Waals surface area contributed by atoms with E-state index in [0.717, 1.165) is 28.3 Å². The fraction of sp³-hybridized carbons (Fsp3) is 0.360. The summed E-state index contributed by atoms with van der Waals surface area (Å²) in [5.74, 6) is 1.72. The Morgan fingerprint density at radius 3 is 2.00 bits per heavy atom. The van der Waals surface area contributed by atoms with E-state index < -0.39 is 0 Å². The van der Waals surface area contributed by atoms with Crippen LogP contribution in [0.15, 0.2) is 72.2 Å². The van der Waals surface area contributed by atoms with Crippen LogP contribution in [0.5, 0.6) is 0 Å². The standard InChI is InChI=1S/C8H6N2O.C8H6N2.C5H12.C4H10/c11-8-6-3-1-2-4-7(6)9-5-10-8;1-2-4-8-7(3-1)5-9-6-10-8;1-4-5(2)3;1-4(2)3/h1-5H,(H,9,10,11);1-6H;5H,4H2,1-3H3;4H,1-3H3. The molecule has 0 amide bonds. The molecule has 4 rings (SSSR count). The normalized spacial score (nSPS) is 9.87. The molecule has 4 aromatic rings. The zero-order chi connectivity index (χ0) is 22.4. The average Bonchev–Trinajstić information content (AvgIpc) is 2.75. The predicted octanol–water partition coefficient (Wildman–Crippen LogP) is 6.27. The second kappa shape index (κ2) is 14.0. The van der Waals surface area contributed by atoms with E-state index in [1.54, 1.807) is 12.4 Å². The summed E-state index contributed by atoms with van der Waals surface area (Å²) in [7, 11) is 0. The van der Waals surface area contributed by atoms with Crippen LogP contribution in [0.1, 0.15) is 48.0 Å². The van der Waals surface area contributed by atoms with Crippen molar-refractivity contribution in [1.29, 1.82) is 0 Å². The van der Waals surface area contributed by atoms with Crippen molar-refractivity contribution < 1.29 is 0 Å². The molecule has 2 aromatic heterocycles. The van der Waals surface area contributed by atoms with E-state index in [2.05, 4.69) is 61.5 Å². The summed E-state index contributed by atoms with van der Waals surface area (Å²) in [6, 6.07) is 15.1. The Morgan fingerprint density at radius 2 is 1.43 bits per heavy atom. The fourth-order valence-electron chi connectivity index (χ4n) is 1.94. The number of hydrogen-bond acceptors (Lipinski definition) is 4. The zero-order valence-corrected chi connectivity index (χ0v) is 19.0. The van der Waals surface area contributed by atoms with E-state index in [4.69, 9.17) is 0 Å². The number of benzene rings is 2. The van der Waals surface area contributed by atoms with Gasteiger partial charge in [0, 0.05) is 11.6 Å². The molecule has 0 aliphatic heterocycles. The van der Waals surface area contributed by atoms with Crippen molar-refractivity contribution in [3.8, 4) is 0 Å². The fourth-order valence-corrected chi connectivity index (χ4v) is 1.94. The first-order valence-corrected chi connectivity index (χ1v) is 10.4. The van der Waals surface area contributed by atoms with Gasteiger partial charge in [0.2, 0.25) is 0 Å². The zero-order valence-electron chi connectivity index (χ0n) is 19.0. The molecule has 0 aliphatic carbocycles. The van der Waals surface area contributed by atoms with E-state index in [1.165, 1.54) is 12.7 Å². The largest absolute Gasteiger partial charge is 0.313 e. The van der Waals surface area contributed by atoms with E-state index in [1.807, 2.05) is 48.7 Å². The molecule has 0 atom stereocenters. The third-order valence-corrected chi connectivity index (χ3v) is 3.78. The first-order valence-electron chi connectivity index (χ1n) is 10.4. The van der Waals surface area contributed by atoms with Crippen molar-refractivity contribution in [3.05, 3.63) is 77.7 Å². The molecular formula is C25H34N4O. The lowest BCUT2D eigenvalue weighted by Gasteiger charge is -1.91. The van der Waals surface area contributed by atoms with Crippen molar-refractivity contribution in [2.24, 2.45) is 11.8 Å². The van der Waals surface area contributed by atoms with Crippen molar-refractivity contribution >= 4 is 21.8 Å². The molecule has 0 saturated carbocycles. The van der Waals surface area contributed by atoms with E-state index in [9.17, 15) is 4.79 Å². The number of aromatic amines is 1. The molecular weight excluding hydrogens is 372 g/mol. The van der Waals surface area contributed by atoms with Gasteiger partial charge in [-0.05, 0) is 30.0 Å². The summed E-state index contributed by atoms with van der Waals surface area (Å²) in [5, 5.41) is 1.72. The van der Waals surface area contributed by atoms with Gasteiger partial charge < -0.3 is 4.98 Å². The summed E-state index contributed by atoms with van der Waals surface area (Å²) >= 11 is 0. The highest BCUT2D eigenvalue weighted by atomic mass is 16.1. The lowest BCUT2D eigenvalue weighted by molar-refractivity contribution is 0.626. The van der Waals surface area contributed by atoms with Gasteiger partial charge in [0.1, 0.15) is 6.33 Å². The average molecular weight is 407 g/mol. The number of H-pyrrole nitrogens is 1. The third kappa shape index (κ3) is 9.92. The number of nitrogens with one attached hydrogen (secondary N) is 1. The van der Waals surface area contributed by atoms with Crippen LogP contribution in [0.2, 0.25) is 0 Å². The molecule has 0 spiro atoms. The first-order chi connectivity index (χ1) is 14.3. The van der Waals surface area contributed by atoms with Crippen LogP contribution in [0.25, 0.3) is 21.8 Å². The van der Waals surface area contributed by atoms with Crippen molar-refractivity contribution in [2.75, 3.05) is 0 Å². The summed E-state index contributed by atoms with van der Waals surface area (Å²) in [6.45, 7) is 13.1. The van der Waals surface area contributed by atoms with Crippen LogP contribution in [0, 0.1) is 11.8 Å². The molecule has 2 heterocycles. The lowest BCUT2D eigenvalue weighted by Crippen LogP contribution is -2.05. The molecule has 0 aliphatic rings. The summed E-state index contributed by atoms with van der Waals surface area (Å²) in [5.41, 5.74) is 1.64. The Balaban J connectivity index is 0.000000219. The second-order valence-corrected chi connectivity index (χ2v) is 7.86. The maximum atomic E-state index is 11.1. The highest BCUT2D eigenvalue weighted by Crippen LogP contribution is 2.06. The number of fused-ring (bicyclic) bond motifs is 2. The summed E-state index contributed by atoms with van der Waals surface area (Å²) in [4.78, 5) is 25.5. The van der Waals surface area contributed by atoms with Crippen LogP contribution in [0.4, 0.5) is 0 Å². The van der Waals surface area contributed by atoms with Gasteiger partial charge in [0.25, 0.3) is 5.56 Å². The molecule has 0 radical (unpaired) electrons. The van der Waals surface area contributed by atoms with Gasteiger partial charge in [0.05, 0.1) is 22.7 Å². The molecule has 30 heavy (non-hydrogen) atoms. The van der Waals surface area contributed by atoms with E-state index in [0.29, 0.717) is 5.39 Å². The molecule has 5 heteroatoms. The molecule has 1 N–H and O–H groups in total. The molecule has 0 fully saturated rings. The van der Waals surface area contributed by atoms with Crippen LogP contribution >= 0.6 is 0 Å². The summed E-state index contributed by atoms with van der Waals surface area (Å²) in [6.07, 6.45) is 6.08. The second-order valence-electron chi connectivity index (χ2n) is 7.86. The van der Waals surface area contributed by atoms with Gasteiger partial charge in [-0.1, -0.05) is 78.3 Å². The highest BCUT2D eigenvalue weighted by Gasteiger charge is 1.94. The molecule has 0 unspecified atom stereocenters. The number of para-hydroxylation sites is 2.